The number of aromatic nitrogens is 5. The van der Waals surface area contributed by atoms with Crippen molar-refractivity contribution in [2.45, 2.75) is 51.3 Å². The van der Waals surface area contributed by atoms with Gasteiger partial charge in [-0.05, 0) is 25.3 Å². The number of aliphatic hydroxyl groups excluding tert-OH is 1. The van der Waals surface area contributed by atoms with Crippen molar-refractivity contribution in [1.29, 1.82) is 0 Å². The lowest BCUT2D eigenvalue weighted by molar-refractivity contribution is 0.143. The first-order valence-electron chi connectivity index (χ1n) is 8.72. The molecule has 1 atom stereocenters. The van der Waals surface area contributed by atoms with E-state index in [2.05, 4.69) is 15.2 Å². The van der Waals surface area contributed by atoms with Crippen molar-refractivity contribution in [3.05, 3.63) is 52.5 Å². The SMILES string of the molecule is CC[C@@H](O)Cn1nc(C2CC2)nc1Cn1ncc2ccccc2c1=O. The minimum absolute atomic E-state index is 0.142. The maximum absolute atomic E-state index is 12.7. The van der Waals surface area contributed by atoms with Crippen LogP contribution in [-0.2, 0) is 13.1 Å². The Balaban J connectivity index is 1.70. The molecule has 130 valence electrons. The molecular formula is C18H21N5O2. The molecule has 1 aliphatic carbocycles. The second-order valence-corrected chi connectivity index (χ2v) is 6.60. The summed E-state index contributed by atoms with van der Waals surface area (Å²) in [6.07, 6.45) is 4.07. The Hall–Kier alpha value is -2.54. The summed E-state index contributed by atoms with van der Waals surface area (Å²) in [5.41, 5.74) is -0.142. The van der Waals surface area contributed by atoms with Gasteiger partial charge in [0.05, 0.1) is 24.2 Å². The van der Waals surface area contributed by atoms with Crippen molar-refractivity contribution in [3.63, 3.8) is 0 Å². The van der Waals surface area contributed by atoms with E-state index in [4.69, 9.17) is 0 Å². The second-order valence-electron chi connectivity index (χ2n) is 6.60. The first-order valence-corrected chi connectivity index (χ1v) is 8.72. The van der Waals surface area contributed by atoms with Gasteiger partial charge in [-0.3, -0.25) is 4.79 Å². The highest BCUT2D eigenvalue weighted by Gasteiger charge is 2.29. The van der Waals surface area contributed by atoms with Crippen molar-refractivity contribution >= 4 is 10.8 Å². The van der Waals surface area contributed by atoms with Gasteiger partial charge in [-0.15, -0.1) is 0 Å². The van der Waals surface area contributed by atoms with E-state index < -0.39 is 6.10 Å². The molecule has 0 amide bonds. The Morgan fingerprint density at radius 1 is 1.28 bits per heavy atom. The van der Waals surface area contributed by atoms with Crippen LogP contribution in [0.25, 0.3) is 10.8 Å². The number of hydrogen-bond acceptors (Lipinski definition) is 5. The summed E-state index contributed by atoms with van der Waals surface area (Å²) in [6.45, 7) is 2.56. The minimum atomic E-state index is -0.478. The van der Waals surface area contributed by atoms with Crippen LogP contribution < -0.4 is 5.56 Å². The molecule has 4 rings (SSSR count). The number of benzene rings is 1. The van der Waals surface area contributed by atoms with Gasteiger partial charge in [0.25, 0.3) is 5.56 Å². The Labute approximate surface area is 144 Å². The van der Waals surface area contributed by atoms with Gasteiger partial charge in [-0.25, -0.2) is 14.3 Å². The van der Waals surface area contributed by atoms with Crippen molar-refractivity contribution < 1.29 is 5.11 Å². The fourth-order valence-corrected chi connectivity index (χ4v) is 2.87. The monoisotopic (exact) mass is 339 g/mol. The fourth-order valence-electron chi connectivity index (χ4n) is 2.87. The van der Waals surface area contributed by atoms with E-state index in [0.29, 0.717) is 30.1 Å². The summed E-state index contributed by atoms with van der Waals surface area (Å²) < 4.78 is 3.14. The Kier molecular flexibility index (Phi) is 4.09. The number of nitrogens with zero attached hydrogens (tertiary/aromatic N) is 5. The van der Waals surface area contributed by atoms with Gasteiger partial charge < -0.3 is 5.11 Å². The van der Waals surface area contributed by atoms with E-state index in [-0.39, 0.29) is 12.1 Å². The van der Waals surface area contributed by atoms with E-state index in [1.807, 2.05) is 25.1 Å². The van der Waals surface area contributed by atoms with Gasteiger partial charge in [-0.1, -0.05) is 25.1 Å². The maximum Gasteiger partial charge on any atom is 0.275 e. The van der Waals surface area contributed by atoms with Gasteiger partial charge in [0.1, 0.15) is 12.4 Å². The summed E-state index contributed by atoms with van der Waals surface area (Å²) in [5.74, 6) is 1.89. The molecule has 2 heterocycles. The number of aliphatic hydroxyl groups is 1. The zero-order valence-electron chi connectivity index (χ0n) is 14.2. The van der Waals surface area contributed by atoms with Gasteiger partial charge in [0.2, 0.25) is 0 Å². The lowest BCUT2D eigenvalue weighted by atomic mass is 10.2. The number of hydrogen-bond donors (Lipinski definition) is 1. The van der Waals surface area contributed by atoms with Gasteiger partial charge in [-0.2, -0.15) is 10.2 Å². The molecular weight excluding hydrogens is 318 g/mol. The molecule has 0 spiro atoms. The van der Waals surface area contributed by atoms with Crippen LogP contribution in [0, 0.1) is 0 Å². The zero-order chi connectivity index (χ0) is 17.4. The van der Waals surface area contributed by atoms with E-state index in [1.54, 1.807) is 16.9 Å². The lowest BCUT2D eigenvalue weighted by Crippen LogP contribution is -2.26. The van der Waals surface area contributed by atoms with Crippen LogP contribution in [-0.4, -0.2) is 35.8 Å². The molecule has 1 saturated carbocycles. The van der Waals surface area contributed by atoms with E-state index in [9.17, 15) is 9.90 Å². The molecule has 0 radical (unpaired) electrons. The van der Waals surface area contributed by atoms with E-state index in [0.717, 1.165) is 24.1 Å². The Morgan fingerprint density at radius 2 is 2.08 bits per heavy atom. The number of rotatable bonds is 6. The van der Waals surface area contributed by atoms with Crippen LogP contribution in [0.1, 0.15) is 43.8 Å². The normalized spacial score (nSPS) is 15.6. The third kappa shape index (κ3) is 3.19. The number of fused-ring (bicyclic) bond motifs is 1. The van der Waals surface area contributed by atoms with Crippen LogP contribution in [0.2, 0.25) is 0 Å². The van der Waals surface area contributed by atoms with Crippen LogP contribution in [0.4, 0.5) is 0 Å². The summed E-state index contributed by atoms with van der Waals surface area (Å²) in [7, 11) is 0. The second kappa shape index (κ2) is 6.40. The van der Waals surface area contributed by atoms with E-state index >= 15 is 0 Å². The zero-order valence-corrected chi connectivity index (χ0v) is 14.2. The highest BCUT2D eigenvalue weighted by Crippen LogP contribution is 2.38. The summed E-state index contributed by atoms with van der Waals surface area (Å²) in [5, 5.41) is 20.3. The van der Waals surface area contributed by atoms with Crippen molar-refractivity contribution in [2.24, 2.45) is 0 Å². The highest BCUT2D eigenvalue weighted by molar-refractivity contribution is 5.80. The maximum atomic E-state index is 12.7. The highest BCUT2D eigenvalue weighted by atomic mass is 16.3. The Bertz CT molecular complexity index is 957. The van der Waals surface area contributed by atoms with Crippen molar-refractivity contribution in [3.8, 4) is 0 Å². The fraction of sp³-hybridized carbons (Fsp3) is 0.444. The smallest absolute Gasteiger partial charge is 0.275 e. The van der Waals surface area contributed by atoms with E-state index in [1.165, 1.54) is 4.68 Å². The molecule has 0 unspecified atom stereocenters. The molecule has 0 bridgehead atoms. The predicted molar refractivity (Wildman–Crippen MR) is 93.4 cm³/mol. The summed E-state index contributed by atoms with van der Waals surface area (Å²) >= 11 is 0. The first kappa shape index (κ1) is 16.0. The average Bonchev–Trinajstić information content (AvgIpc) is 3.41. The topological polar surface area (TPSA) is 85.8 Å². The molecule has 7 heteroatoms. The van der Waals surface area contributed by atoms with Gasteiger partial charge in [0, 0.05) is 11.3 Å². The Morgan fingerprint density at radius 3 is 2.84 bits per heavy atom. The third-order valence-corrected chi connectivity index (χ3v) is 4.62. The molecule has 7 nitrogen and oxygen atoms in total. The predicted octanol–water partition coefficient (Wildman–Crippen LogP) is 1.68. The van der Waals surface area contributed by atoms with Gasteiger partial charge in [0.15, 0.2) is 5.82 Å². The van der Waals surface area contributed by atoms with Crippen LogP contribution in [0.15, 0.2) is 35.3 Å². The van der Waals surface area contributed by atoms with Crippen LogP contribution in [0.3, 0.4) is 0 Å². The quantitative estimate of drug-likeness (QED) is 0.738. The molecule has 25 heavy (non-hydrogen) atoms. The molecule has 1 aliphatic rings. The van der Waals surface area contributed by atoms with Gasteiger partial charge >= 0.3 is 0 Å². The van der Waals surface area contributed by atoms with Crippen LogP contribution in [0.5, 0.6) is 0 Å². The third-order valence-electron chi connectivity index (χ3n) is 4.62. The molecule has 0 aliphatic heterocycles. The standard InChI is InChI=1S/C18H21N5O2/c1-2-14(24)10-22-16(20-17(21-22)12-7-8-12)11-23-18(25)15-6-4-3-5-13(15)9-19-23/h3-6,9,12,14,24H,2,7-8,10-11H2,1H3/t14-/m1/s1. The van der Waals surface area contributed by atoms with Crippen LogP contribution >= 0.6 is 0 Å². The molecule has 3 aromatic rings. The molecule has 1 fully saturated rings. The molecule has 1 aromatic carbocycles. The molecule has 0 saturated heterocycles. The van der Waals surface area contributed by atoms with Crippen molar-refractivity contribution in [1.82, 2.24) is 24.5 Å². The first-order chi connectivity index (χ1) is 12.2. The summed E-state index contributed by atoms with van der Waals surface area (Å²) in [6, 6.07) is 7.41. The summed E-state index contributed by atoms with van der Waals surface area (Å²) in [4.78, 5) is 17.3. The lowest BCUT2D eigenvalue weighted by Gasteiger charge is -2.11. The minimum Gasteiger partial charge on any atom is -0.391 e. The largest absolute Gasteiger partial charge is 0.391 e. The van der Waals surface area contributed by atoms with Crippen molar-refractivity contribution in [2.75, 3.05) is 0 Å². The average molecular weight is 339 g/mol. The molecule has 1 N–H and O–H groups in total. The molecule has 2 aromatic heterocycles.